The highest BCUT2D eigenvalue weighted by atomic mass is 35.5. The Kier molecular flexibility index (Phi) is 4.01. The molecule has 0 amide bonds. The summed E-state index contributed by atoms with van der Waals surface area (Å²) in [6, 6.07) is 2.10. The van der Waals surface area contributed by atoms with E-state index in [4.69, 9.17) is 11.6 Å². The van der Waals surface area contributed by atoms with Crippen molar-refractivity contribution in [1.82, 2.24) is 0 Å². The Morgan fingerprint density at radius 1 is 1.53 bits per heavy atom. The van der Waals surface area contributed by atoms with Crippen LogP contribution in [0.4, 0.5) is 4.39 Å². The van der Waals surface area contributed by atoms with E-state index in [0.29, 0.717) is 0 Å². The lowest BCUT2D eigenvalue weighted by Crippen LogP contribution is -2.12. The third-order valence-electron chi connectivity index (χ3n) is 2.09. The van der Waals surface area contributed by atoms with Gasteiger partial charge in [0.25, 0.3) is 0 Å². The average Bonchev–Trinajstić information content (AvgIpc) is 2.15. The minimum atomic E-state index is -1.24. The van der Waals surface area contributed by atoms with Gasteiger partial charge in [-0.15, -0.1) is 10.1 Å². The summed E-state index contributed by atoms with van der Waals surface area (Å²) >= 11 is 5.62. The van der Waals surface area contributed by atoms with Gasteiger partial charge in [0.05, 0.1) is 10.6 Å². The highest BCUT2D eigenvalue weighted by molar-refractivity contribution is 6.33. The Morgan fingerprint density at radius 3 is 2.59 bits per heavy atom. The fraction of sp³-hybridized carbons (Fsp3) is 0.300. The molecule has 0 aromatic heterocycles. The summed E-state index contributed by atoms with van der Waals surface area (Å²) in [6.45, 7) is 3.43. The van der Waals surface area contributed by atoms with Gasteiger partial charge >= 0.3 is 11.1 Å². The maximum atomic E-state index is 13.4. The Morgan fingerprint density at radius 2 is 2.12 bits per heavy atom. The van der Waals surface area contributed by atoms with Gasteiger partial charge in [-0.05, 0) is 23.6 Å². The molecule has 0 spiro atoms. The number of hydrogen-bond acceptors (Lipinski definition) is 4. The second kappa shape index (κ2) is 5.09. The molecule has 0 atom stereocenters. The van der Waals surface area contributed by atoms with Crippen LogP contribution < -0.4 is 0 Å². The Hall–Kier alpha value is -1.69. The normalized spacial score (nSPS) is 10.4. The zero-order valence-corrected chi connectivity index (χ0v) is 9.82. The van der Waals surface area contributed by atoms with Crippen molar-refractivity contribution in [2.45, 2.75) is 19.8 Å². The average molecular weight is 262 g/mol. The van der Waals surface area contributed by atoms with E-state index in [0.717, 1.165) is 12.1 Å². The fourth-order valence-electron chi connectivity index (χ4n) is 1.28. The number of halogens is 2. The number of benzene rings is 1. The molecule has 92 valence electrons. The van der Waals surface area contributed by atoms with Crippen molar-refractivity contribution in [3.05, 3.63) is 44.2 Å². The molecule has 1 aromatic carbocycles. The van der Waals surface area contributed by atoms with Crippen LogP contribution >= 0.6 is 11.6 Å². The first-order valence-corrected chi connectivity index (χ1v) is 5.06. The number of hydrogen-bond donors (Lipinski definition) is 0. The van der Waals surface area contributed by atoms with Crippen LogP contribution in [0.2, 0.25) is 5.02 Å². The summed E-state index contributed by atoms with van der Waals surface area (Å²) in [5, 5.41) is 8.56. The van der Waals surface area contributed by atoms with E-state index < -0.39 is 16.9 Å². The van der Waals surface area contributed by atoms with Gasteiger partial charge < -0.3 is 0 Å². The molecule has 0 heterocycles. The highest BCUT2D eigenvalue weighted by Crippen LogP contribution is 2.26. The molecule has 0 bridgehead atoms. The lowest BCUT2D eigenvalue weighted by atomic mass is 10.00. The molecule has 0 saturated carbocycles. The van der Waals surface area contributed by atoms with Gasteiger partial charge in [-0.1, -0.05) is 25.4 Å². The van der Waals surface area contributed by atoms with Gasteiger partial charge in [0.2, 0.25) is 0 Å². The maximum absolute atomic E-state index is 13.4. The van der Waals surface area contributed by atoms with E-state index in [2.05, 4.69) is 4.84 Å². The number of carbonyl (C=O) groups excluding carboxylic acids is 1. The Bertz CT molecular complexity index is 476. The predicted molar refractivity (Wildman–Crippen MR) is 57.9 cm³/mol. The quantitative estimate of drug-likeness (QED) is 0.619. The summed E-state index contributed by atoms with van der Waals surface area (Å²) in [7, 11) is 0. The van der Waals surface area contributed by atoms with E-state index in [1.807, 2.05) is 0 Å². The molecule has 0 aliphatic rings. The SMILES string of the molecule is CC(C)c1cc(C(=O)O[N+](=O)[O-])c(Cl)cc1F. The minimum absolute atomic E-state index is 0.186. The van der Waals surface area contributed by atoms with Gasteiger partial charge in [0.1, 0.15) is 5.82 Å². The minimum Gasteiger partial charge on any atom is -0.262 e. The topological polar surface area (TPSA) is 69.4 Å². The van der Waals surface area contributed by atoms with Crippen LogP contribution in [0.25, 0.3) is 0 Å². The second-order valence-corrected chi connectivity index (χ2v) is 4.02. The molecule has 0 N–H and O–H groups in total. The third-order valence-corrected chi connectivity index (χ3v) is 2.40. The highest BCUT2D eigenvalue weighted by Gasteiger charge is 2.19. The number of rotatable bonds is 3. The van der Waals surface area contributed by atoms with E-state index in [1.54, 1.807) is 13.8 Å². The zero-order valence-electron chi connectivity index (χ0n) is 9.07. The smallest absolute Gasteiger partial charge is 0.262 e. The van der Waals surface area contributed by atoms with Crippen LogP contribution in [0, 0.1) is 15.9 Å². The second-order valence-electron chi connectivity index (χ2n) is 3.61. The van der Waals surface area contributed by atoms with Crippen molar-refractivity contribution in [1.29, 1.82) is 0 Å². The first-order valence-electron chi connectivity index (χ1n) is 4.68. The van der Waals surface area contributed by atoms with E-state index in [9.17, 15) is 19.3 Å². The van der Waals surface area contributed by atoms with Gasteiger partial charge in [-0.25, -0.2) is 9.23 Å². The molecule has 0 saturated heterocycles. The number of carbonyl (C=O) groups is 1. The van der Waals surface area contributed by atoms with Crippen LogP contribution in [0.3, 0.4) is 0 Å². The third kappa shape index (κ3) is 3.13. The van der Waals surface area contributed by atoms with Crippen molar-refractivity contribution in [2.24, 2.45) is 0 Å². The monoisotopic (exact) mass is 261 g/mol. The molecule has 0 aliphatic heterocycles. The molecular weight excluding hydrogens is 253 g/mol. The molecule has 1 rings (SSSR count). The molecule has 0 fully saturated rings. The van der Waals surface area contributed by atoms with Crippen LogP contribution in [-0.4, -0.2) is 11.1 Å². The molecule has 0 aliphatic carbocycles. The van der Waals surface area contributed by atoms with Crippen LogP contribution in [0.15, 0.2) is 12.1 Å². The first-order chi connectivity index (χ1) is 7.82. The van der Waals surface area contributed by atoms with Gasteiger partial charge in [0, 0.05) is 0 Å². The summed E-state index contributed by atoms with van der Waals surface area (Å²) in [6.07, 6.45) is 0. The number of nitrogens with zero attached hydrogens (tertiary/aromatic N) is 1. The van der Waals surface area contributed by atoms with E-state index in [-0.39, 0.29) is 22.1 Å². The fourth-order valence-corrected chi connectivity index (χ4v) is 1.51. The summed E-state index contributed by atoms with van der Waals surface area (Å²) in [4.78, 5) is 25.1. The van der Waals surface area contributed by atoms with Crippen molar-refractivity contribution in [3.63, 3.8) is 0 Å². The Balaban J connectivity index is 3.20. The van der Waals surface area contributed by atoms with Crippen LogP contribution in [0.1, 0.15) is 35.7 Å². The van der Waals surface area contributed by atoms with Gasteiger partial charge in [0.15, 0.2) is 0 Å². The van der Waals surface area contributed by atoms with Crippen molar-refractivity contribution < 1.29 is 19.1 Å². The molecule has 0 unspecified atom stereocenters. The van der Waals surface area contributed by atoms with Gasteiger partial charge in [-0.3, -0.25) is 4.79 Å². The first kappa shape index (κ1) is 13.4. The summed E-state index contributed by atoms with van der Waals surface area (Å²) in [5.41, 5.74) is 0.0122. The molecule has 7 heteroatoms. The van der Waals surface area contributed by atoms with Crippen molar-refractivity contribution >= 4 is 17.6 Å². The van der Waals surface area contributed by atoms with Gasteiger partial charge in [-0.2, -0.15) is 0 Å². The summed E-state index contributed by atoms with van der Waals surface area (Å²) in [5.74, 6) is -1.97. The molecule has 0 radical (unpaired) electrons. The maximum Gasteiger partial charge on any atom is 0.335 e. The lowest BCUT2D eigenvalue weighted by Gasteiger charge is -2.10. The standard InChI is InChI=1S/C10H9ClFNO4/c1-5(2)6-3-7(8(11)4-9(6)12)10(14)17-13(15)16/h3-5H,1-2H3. The van der Waals surface area contributed by atoms with Crippen molar-refractivity contribution in [2.75, 3.05) is 0 Å². The van der Waals surface area contributed by atoms with E-state index >= 15 is 0 Å². The van der Waals surface area contributed by atoms with E-state index in [1.165, 1.54) is 0 Å². The van der Waals surface area contributed by atoms with Crippen molar-refractivity contribution in [3.8, 4) is 0 Å². The van der Waals surface area contributed by atoms with Crippen LogP contribution in [0.5, 0.6) is 0 Å². The zero-order chi connectivity index (χ0) is 13.2. The van der Waals surface area contributed by atoms with Crippen LogP contribution in [-0.2, 0) is 4.84 Å². The molecule has 17 heavy (non-hydrogen) atoms. The molecule has 5 nitrogen and oxygen atoms in total. The largest absolute Gasteiger partial charge is 0.335 e. The Labute approximate surface area is 101 Å². The summed E-state index contributed by atoms with van der Waals surface area (Å²) < 4.78 is 13.4. The predicted octanol–water partition coefficient (Wildman–Crippen LogP) is 2.95. The lowest BCUT2D eigenvalue weighted by molar-refractivity contribution is -0.727. The molecular formula is C10H9ClFNO4. The molecule has 1 aromatic rings.